The van der Waals surface area contributed by atoms with E-state index in [0.29, 0.717) is 13.1 Å². The minimum absolute atomic E-state index is 0.472. The number of nitrogens with zero attached hydrogens (tertiary/aromatic N) is 2. The van der Waals surface area contributed by atoms with Gasteiger partial charge in [-0.05, 0) is 23.8 Å². The highest BCUT2D eigenvalue weighted by molar-refractivity contribution is 9.10. The van der Waals surface area contributed by atoms with Crippen molar-refractivity contribution in [3.63, 3.8) is 0 Å². The van der Waals surface area contributed by atoms with E-state index in [1.807, 2.05) is 16.9 Å². The number of fused-ring (bicyclic) bond motifs is 1. The lowest BCUT2D eigenvalue weighted by Crippen LogP contribution is -2.04. The standard InChI is InChI=1S/C13H14BrN3O/c14-11-5-9-2-4-18-13(9)10(6-11)8-17-3-1-12(7-15)16-17/h1,3,5-6H,2,4,7-8,15H2. The first-order valence-electron chi connectivity index (χ1n) is 5.93. The van der Waals surface area contributed by atoms with Crippen molar-refractivity contribution in [2.45, 2.75) is 19.5 Å². The van der Waals surface area contributed by atoms with Crippen LogP contribution in [0.1, 0.15) is 16.8 Å². The van der Waals surface area contributed by atoms with Crippen LogP contribution in [0.5, 0.6) is 5.75 Å². The largest absolute Gasteiger partial charge is 0.493 e. The number of benzene rings is 1. The first kappa shape index (κ1) is 11.7. The van der Waals surface area contributed by atoms with Gasteiger partial charge in [-0.1, -0.05) is 15.9 Å². The highest BCUT2D eigenvalue weighted by Gasteiger charge is 2.17. The van der Waals surface area contributed by atoms with Crippen LogP contribution in [0.2, 0.25) is 0 Å². The highest BCUT2D eigenvalue weighted by atomic mass is 79.9. The van der Waals surface area contributed by atoms with Gasteiger partial charge in [-0.3, -0.25) is 4.68 Å². The summed E-state index contributed by atoms with van der Waals surface area (Å²) in [6.07, 6.45) is 2.93. The van der Waals surface area contributed by atoms with Gasteiger partial charge in [0.1, 0.15) is 5.75 Å². The first-order chi connectivity index (χ1) is 8.76. The van der Waals surface area contributed by atoms with E-state index < -0.39 is 0 Å². The molecule has 2 heterocycles. The molecule has 18 heavy (non-hydrogen) atoms. The van der Waals surface area contributed by atoms with Crippen molar-refractivity contribution < 1.29 is 4.74 Å². The third-order valence-electron chi connectivity index (χ3n) is 3.06. The maximum absolute atomic E-state index is 5.70. The molecule has 0 bridgehead atoms. The SMILES string of the molecule is NCc1ccn(Cc2cc(Br)cc3c2OCC3)n1. The second kappa shape index (κ2) is 4.74. The lowest BCUT2D eigenvalue weighted by atomic mass is 10.1. The predicted molar refractivity (Wildman–Crippen MR) is 72.6 cm³/mol. The van der Waals surface area contributed by atoms with Crippen molar-refractivity contribution in [3.05, 3.63) is 45.7 Å². The second-order valence-corrected chi connectivity index (χ2v) is 5.28. The van der Waals surface area contributed by atoms with Gasteiger partial charge in [0.2, 0.25) is 0 Å². The van der Waals surface area contributed by atoms with Crippen LogP contribution in [0.4, 0.5) is 0 Å². The Morgan fingerprint density at radius 2 is 2.33 bits per heavy atom. The second-order valence-electron chi connectivity index (χ2n) is 4.36. The fourth-order valence-electron chi connectivity index (χ4n) is 2.24. The average molecular weight is 308 g/mol. The van der Waals surface area contributed by atoms with Gasteiger partial charge in [-0.2, -0.15) is 5.10 Å². The first-order valence-corrected chi connectivity index (χ1v) is 6.72. The minimum atomic E-state index is 0.472. The number of hydrogen-bond donors (Lipinski definition) is 1. The van der Waals surface area contributed by atoms with E-state index in [1.54, 1.807) is 0 Å². The summed E-state index contributed by atoms with van der Waals surface area (Å²) in [4.78, 5) is 0. The molecule has 94 valence electrons. The predicted octanol–water partition coefficient (Wildman–Crippen LogP) is 2.09. The summed E-state index contributed by atoms with van der Waals surface area (Å²) < 4.78 is 8.69. The Morgan fingerprint density at radius 3 is 3.11 bits per heavy atom. The van der Waals surface area contributed by atoms with Gasteiger partial charge >= 0.3 is 0 Å². The molecule has 5 heteroatoms. The third kappa shape index (κ3) is 2.15. The summed E-state index contributed by atoms with van der Waals surface area (Å²) in [6.45, 7) is 1.95. The van der Waals surface area contributed by atoms with Gasteiger partial charge in [-0.15, -0.1) is 0 Å². The van der Waals surface area contributed by atoms with Crippen LogP contribution >= 0.6 is 15.9 Å². The molecule has 4 nitrogen and oxygen atoms in total. The zero-order chi connectivity index (χ0) is 12.5. The number of hydrogen-bond acceptors (Lipinski definition) is 3. The molecule has 0 saturated carbocycles. The monoisotopic (exact) mass is 307 g/mol. The third-order valence-corrected chi connectivity index (χ3v) is 3.52. The molecule has 0 radical (unpaired) electrons. The molecule has 0 fully saturated rings. The van der Waals surface area contributed by atoms with Gasteiger partial charge in [0.05, 0.1) is 18.8 Å². The summed E-state index contributed by atoms with van der Waals surface area (Å²) in [5.41, 5.74) is 8.89. The Balaban J connectivity index is 1.92. The fraction of sp³-hybridized carbons (Fsp3) is 0.308. The maximum Gasteiger partial charge on any atom is 0.127 e. The number of ether oxygens (including phenoxy) is 1. The number of halogens is 1. The van der Waals surface area contributed by atoms with E-state index in [4.69, 9.17) is 10.5 Å². The highest BCUT2D eigenvalue weighted by Crippen LogP contribution is 2.33. The van der Waals surface area contributed by atoms with Crippen molar-refractivity contribution in [3.8, 4) is 5.75 Å². The molecule has 1 aliphatic heterocycles. The van der Waals surface area contributed by atoms with Crippen molar-refractivity contribution in [1.29, 1.82) is 0 Å². The summed E-state index contributed by atoms with van der Waals surface area (Å²) >= 11 is 3.54. The Bertz CT molecular complexity index is 580. The summed E-state index contributed by atoms with van der Waals surface area (Å²) in [6, 6.07) is 6.16. The molecule has 0 atom stereocenters. The smallest absolute Gasteiger partial charge is 0.127 e. The van der Waals surface area contributed by atoms with Gasteiger partial charge in [0, 0.05) is 29.2 Å². The van der Waals surface area contributed by atoms with E-state index in [1.165, 1.54) is 5.56 Å². The average Bonchev–Trinajstić information content (AvgIpc) is 2.97. The van der Waals surface area contributed by atoms with Gasteiger partial charge in [0.25, 0.3) is 0 Å². The van der Waals surface area contributed by atoms with Crippen LogP contribution in [-0.4, -0.2) is 16.4 Å². The normalized spacial score (nSPS) is 13.4. The number of nitrogens with two attached hydrogens (primary N) is 1. The quantitative estimate of drug-likeness (QED) is 0.944. The Kier molecular flexibility index (Phi) is 3.09. The van der Waals surface area contributed by atoms with Crippen LogP contribution in [0.25, 0.3) is 0 Å². The van der Waals surface area contributed by atoms with Crippen LogP contribution in [-0.2, 0) is 19.5 Å². The van der Waals surface area contributed by atoms with E-state index in [9.17, 15) is 0 Å². The molecule has 1 aliphatic rings. The fourth-order valence-corrected chi connectivity index (χ4v) is 2.79. The van der Waals surface area contributed by atoms with E-state index in [-0.39, 0.29) is 0 Å². The van der Waals surface area contributed by atoms with E-state index in [0.717, 1.165) is 34.5 Å². The molecule has 0 amide bonds. The Morgan fingerprint density at radius 1 is 1.44 bits per heavy atom. The minimum Gasteiger partial charge on any atom is -0.493 e. The van der Waals surface area contributed by atoms with E-state index in [2.05, 4.69) is 33.2 Å². The molecule has 0 spiro atoms. The maximum atomic E-state index is 5.70. The topological polar surface area (TPSA) is 53.1 Å². The van der Waals surface area contributed by atoms with Gasteiger partial charge in [-0.25, -0.2) is 0 Å². The molecule has 0 saturated heterocycles. The lowest BCUT2D eigenvalue weighted by Gasteiger charge is -2.09. The Labute approximate surface area is 114 Å². The van der Waals surface area contributed by atoms with Crippen molar-refractivity contribution in [1.82, 2.24) is 9.78 Å². The Hall–Kier alpha value is -1.33. The lowest BCUT2D eigenvalue weighted by molar-refractivity contribution is 0.352. The molecule has 0 aliphatic carbocycles. The zero-order valence-corrected chi connectivity index (χ0v) is 11.5. The number of aromatic nitrogens is 2. The van der Waals surface area contributed by atoms with Crippen molar-refractivity contribution in [2.24, 2.45) is 5.73 Å². The van der Waals surface area contributed by atoms with Crippen LogP contribution in [0.15, 0.2) is 28.9 Å². The van der Waals surface area contributed by atoms with Crippen molar-refractivity contribution in [2.75, 3.05) is 6.61 Å². The molecular weight excluding hydrogens is 294 g/mol. The van der Waals surface area contributed by atoms with Crippen LogP contribution in [0, 0.1) is 0 Å². The molecule has 1 aromatic carbocycles. The van der Waals surface area contributed by atoms with Gasteiger partial charge < -0.3 is 10.5 Å². The summed E-state index contributed by atoms with van der Waals surface area (Å²) in [5.74, 6) is 1.02. The summed E-state index contributed by atoms with van der Waals surface area (Å²) in [7, 11) is 0. The molecule has 1 aromatic heterocycles. The van der Waals surface area contributed by atoms with E-state index >= 15 is 0 Å². The van der Waals surface area contributed by atoms with Crippen LogP contribution in [0.3, 0.4) is 0 Å². The molecular formula is C13H14BrN3O. The number of rotatable bonds is 3. The van der Waals surface area contributed by atoms with Gasteiger partial charge in [0.15, 0.2) is 0 Å². The molecule has 0 unspecified atom stereocenters. The van der Waals surface area contributed by atoms with Crippen molar-refractivity contribution >= 4 is 15.9 Å². The summed E-state index contributed by atoms with van der Waals surface area (Å²) in [5, 5.41) is 4.40. The molecule has 2 aromatic rings. The van der Waals surface area contributed by atoms with Crippen LogP contribution < -0.4 is 10.5 Å². The zero-order valence-electron chi connectivity index (χ0n) is 9.90. The molecule has 3 rings (SSSR count). The molecule has 2 N–H and O–H groups in total.